The SMILES string of the molecule is CNCC(O)C(C)(O)CCCC(C)CCCC(C)C. The van der Waals surface area contributed by atoms with E-state index in [0.29, 0.717) is 13.0 Å². The molecule has 0 heterocycles. The van der Waals surface area contributed by atoms with E-state index < -0.39 is 11.7 Å². The van der Waals surface area contributed by atoms with Crippen molar-refractivity contribution in [2.75, 3.05) is 13.6 Å². The molecule has 0 aliphatic heterocycles. The monoisotopic (exact) mass is 273 g/mol. The summed E-state index contributed by atoms with van der Waals surface area (Å²) in [5, 5.41) is 22.9. The minimum Gasteiger partial charge on any atom is -0.389 e. The van der Waals surface area contributed by atoms with Crippen LogP contribution in [0, 0.1) is 11.8 Å². The number of hydrogen-bond acceptors (Lipinski definition) is 3. The zero-order chi connectivity index (χ0) is 14.9. The van der Waals surface area contributed by atoms with Crippen LogP contribution in [0.1, 0.15) is 66.2 Å². The molecule has 0 saturated carbocycles. The highest BCUT2D eigenvalue weighted by molar-refractivity contribution is 4.82. The third-order valence-electron chi connectivity index (χ3n) is 3.97. The molecule has 3 heteroatoms. The largest absolute Gasteiger partial charge is 0.389 e. The second-order valence-corrected chi connectivity index (χ2v) is 6.75. The molecule has 0 aromatic carbocycles. The van der Waals surface area contributed by atoms with Crippen molar-refractivity contribution in [3.8, 4) is 0 Å². The normalized spacial score (nSPS) is 18.3. The van der Waals surface area contributed by atoms with Crippen LogP contribution in [0.3, 0.4) is 0 Å². The standard InChI is InChI=1S/C16H35NO2/c1-13(2)8-6-9-14(3)10-7-11-16(4,19)15(18)12-17-5/h13-15,17-19H,6-12H2,1-5H3. The fourth-order valence-corrected chi connectivity index (χ4v) is 2.41. The number of aliphatic hydroxyl groups excluding tert-OH is 1. The Morgan fingerprint density at radius 3 is 2.16 bits per heavy atom. The van der Waals surface area contributed by atoms with Crippen molar-refractivity contribution in [1.82, 2.24) is 5.32 Å². The van der Waals surface area contributed by atoms with E-state index in [1.807, 2.05) is 0 Å². The maximum absolute atomic E-state index is 10.2. The molecule has 0 aliphatic carbocycles. The third-order valence-corrected chi connectivity index (χ3v) is 3.97. The van der Waals surface area contributed by atoms with Gasteiger partial charge in [-0.15, -0.1) is 0 Å². The maximum atomic E-state index is 10.2. The highest BCUT2D eigenvalue weighted by Gasteiger charge is 2.29. The van der Waals surface area contributed by atoms with Crippen molar-refractivity contribution >= 4 is 0 Å². The van der Waals surface area contributed by atoms with Gasteiger partial charge in [0.05, 0.1) is 11.7 Å². The molecule has 3 atom stereocenters. The summed E-state index contributed by atoms with van der Waals surface area (Å²) in [6.07, 6.45) is 6.00. The van der Waals surface area contributed by atoms with Crippen LogP contribution in [0.15, 0.2) is 0 Å². The van der Waals surface area contributed by atoms with Crippen molar-refractivity contribution in [2.45, 2.75) is 77.9 Å². The molecule has 0 aromatic heterocycles. The van der Waals surface area contributed by atoms with Gasteiger partial charge in [-0.25, -0.2) is 0 Å². The average molecular weight is 273 g/mol. The summed E-state index contributed by atoms with van der Waals surface area (Å²) >= 11 is 0. The molecule has 0 radical (unpaired) electrons. The van der Waals surface area contributed by atoms with Gasteiger partial charge in [-0.1, -0.05) is 52.9 Å². The lowest BCUT2D eigenvalue weighted by atomic mass is 9.89. The van der Waals surface area contributed by atoms with Crippen LogP contribution in [0.5, 0.6) is 0 Å². The quantitative estimate of drug-likeness (QED) is 0.542. The number of rotatable bonds is 11. The van der Waals surface area contributed by atoms with Crippen LogP contribution in [-0.4, -0.2) is 35.5 Å². The summed E-state index contributed by atoms with van der Waals surface area (Å²) in [7, 11) is 1.79. The van der Waals surface area contributed by atoms with Crippen LogP contribution >= 0.6 is 0 Å². The number of aliphatic hydroxyl groups is 2. The van der Waals surface area contributed by atoms with E-state index >= 15 is 0 Å². The van der Waals surface area contributed by atoms with Crippen LogP contribution in [0.25, 0.3) is 0 Å². The van der Waals surface area contributed by atoms with Crippen LogP contribution in [0.2, 0.25) is 0 Å². The number of hydrogen-bond donors (Lipinski definition) is 3. The molecular weight excluding hydrogens is 238 g/mol. The van der Waals surface area contributed by atoms with Gasteiger partial charge >= 0.3 is 0 Å². The molecule has 3 N–H and O–H groups in total. The summed E-state index contributed by atoms with van der Waals surface area (Å²) in [5.41, 5.74) is -0.972. The lowest BCUT2D eigenvalue weighted by molar-refractivity contribution is -0.0663. The molecule has 0 spiro atoms. The first kappa shape index (κ1) is 18.9. The minimum absolute atomic E-state index is 0.441. The molecule has 0 aliphatic rings. The molecule has 0 bridgehead atoms. The molecular formula is C16H35NO2. The van der Waals surface area contributed by atoms with Crippen molar-refractivity contribution < 1.29 is 10.2 Å². The van der Waals surface area contributed by atoms with Gasteiger partial charge in [0.25, 0.3) is 0 Å². The molecule has 0 saturated heterocycles. The van der Waals surface area contributed by atoms with E-state index in [1.165, 1.54) is 19.3 Å². The first-order chi connectivity index (χ1) is 8.79. The maximum Gasteiger partial charge on any atom is 0.0948 e. The van der Waals surface area contributed by atoms with E-state index in [0.717, 1.165) is 24.7 Å². The Bertz CT molecular complexity index is 217. The fourth-order valence-electron chi connectivity index (χ4n) is 2.41. The Balaban J connectivity index is 3.76. The van der Waals surface area contributed by atoms with Gasteiger partial charge in [-0.2, -0.15) is 0 Å². The van der Waals surface area contributed by atoms with Crippen molar-refractivity contribution in [2.24, 2.45) is 11.8 Å². The molecule has 0 amide bonds. The molecule has 0 aromatic rings. The average Bonchev–Trinajstić information content (AvgIpc) is 2.28. The first-order valence-electron chi connectivity index (χ1n) is 7.84. The lowest BCUT2D eigenvalue weighted by Crippen LogP contribution is -2.44. The van der Waals surface area contributed by atoms with Crippen LogP contribution < -0.4 is 5.32 Å². The van der Waals surface area contributed by atoms with E-state index in [9.17, 15) is 10.2 Å². The smallest absolute Gasteiger partial charge is 0.0948 e. The molecule has 116 valence electrons. The van der Waals surface area contributed by atoms with Crippen LogP contribution in [-0.2, 0) is 0 Å². The van der Waals surface area contributed by atoms with Crippen molar-refractivity contribution in [3.63, 3.8) is 0 Å². The Morgan fingerprint density at radius 2 is 1.63 bits per heavy atom. The third kappa shape index (κ3) is 9.42. The van der Waals surface area contributed by atoms with Gasteiger partial charge in [0.2, 0.25) is 0 Å². The summed E-state index contributed by atoms with van der Waals surface area (Å²) < 4.78 is 0. The van der Waals surface area contributed by atoms with Gasteiger partial charge in [0.1, 0.15) is 0 Å². The Labute approximate surface area is 119 Å². The zero-order valence-corrected chi connectivity index (χ0v) is 13.6. The van der Waals surface area contributed by atoms with Gasteiger partial charge in [0.15, 0.2) is 0 Å². The summed E-state index contributed by atoms with van der Waals surface area (Å²) in [4.78, 5) is 0. The number of likely N-dealkylation sites (N-methyl/N-ethyl adjacent to an activating group) is 1. The molecule has 0 rings (SSSR count). The highest BCUT2D eigenvalue weighted by Crippen LogP contribution is 2.22. The lowest BCUT2D eigenvalue weighted by Gasteiger charge is -2.29. The second-order valence-electron chi connectivity index (χ2n) is 6.75. The van der Waals surface area contributed by atoms with Crippen molar-refractivity contribution in [1.29, 1.82) is 0 Å². The Kier molecular flexibility index (Phi) is 9.67. The summed E-state index contributed by atoms with van der Waals surface area (Å²) in [6.45, 7) is 9.00. The fraction of sp³-hybridized carbons (Fsp3) is 1.00. The molecule has 19 heavy (non-hydrogen) atoms. The minimum atomic E-state index is -0.972. The molecule has 3 nitrogen and oxygen atoms in total. The van der Waals surface area contributed by atoms with E-state index in [-0.39, 0.29) is 0 Å². The Morgan fingerprint density at radius 1 is 1.05 bits per heavy atom. The topological polar surface area (TPSA) is 52.5 Å². The van der Waals surface area contributed by atoms with E-state index in [2.05, 4.69) is 26.1 Å². The van der Waals surface area contributed by atoms with Gasteiger partial charge < -0.3 is 15.5 Å². The number of nitrogens with one attached hydrogen (secondary N) is 1. The van der Waals surface area contributed by atoms with Gasteiger partial charge in [0, 0.05) is 6.54 Å². The second kappa shape index (κ2) is 9.73. The van der Waals surface area contributed by atoms with Crippen molar-refractivity contribution in [3.05, 3.63) is 0 Å². The van der Waals surface area contributed by atoms with Gasteiger partial charge in [-0.3, -0.25) is 0 Å². The van der Waals surface area contributed by atoms with Gasteiger partial charge in [-0.05, 0) is 32.2 Å². The predicted octanol–water partition coefficient (Wildman–Crippen LogP) is 2.95. The summed E-state index contributed by atoms with van der Waals surface area (Å²) in [5.74, 6) is 1.51. The molecule has 3 unspecified atom stereocenters. The predicted molar refractivity (Wildman–Crippen MR) is 82.3 cm³/mol. The van der Waals surface area contributed by atoms with E-state index in [4.69, 9.17) is 0 Å². The van der Waals surface area contributed by atoms with Crippen LogP contribution in [0.4, 0.5) is 0 Å². The van der Waals surface area contributed by atoms with E-state index in [1.54, 1.807) is 14.0 Å². The zero-order valence-electron chi connectivity index (χ0n) is 13.6. The first-order valence-corrected chi connectivity index (χ1v) is 7.84. The highest BCUT2D eigenvalue weighted by atomic mass is 16.3. The summed E-state index contributed by atoms with van der Waals surface area (Å²) in [6, 6.07) is 0. The molecule has 0 fully saturated rings. The Hall–Kier alpha value is -0.120.